The summed E-state index contributed by atoms with van der Waals surface area (Å²) in [5, 5.41) is 12.7. The molecule has 2 rings (SSSR count). The Labute approximate surface area is 121 Å². The van der Waals surface area contributed by atoms with Crippen molar-refractivity contribution >= 4 is 21.6 Å². The van der Waals surface area contributed by atoms with E-state index in [2.05, 4.69) is 9.82 Å². The SMILES string of the molecule is Cn1nccc1CNS(=O)(=O)c1ccc(C#N)cc1Cl. The lowest BCUT2D eigenvalue weighted by Gasteiger charge is -2.08. The van der Waals surface area contributed by atoms with Crippen molar-refractivity contribution in [2.75, 3.05) is 0 Å². The Bertz CT molecular complexity index is 777. The summed E-state index contributed by atoms with van der Waals surface area (Å²) in [6.07, 6.45) is 1.58. The highest BCUT2D eigenvalue weighted by atomic mass is 35.5. The lowest BCUT2D eigenvalue weighted by atomic mass is 10.2. The van der Waals surface area contributed by atoms with E-state index in [-0.39, 0.29) is 16.5 Å². The zero-order valence-electron chi connectivity index (χ0n) is 10.5. The van der Waals surface area contributed by atoms with Crippen LogP contribution in [-0.2, 0) is 23.6 Å². The van der Waals surface area contributed by atoms with Gasteiger partial charge in [-0.25, -0.2) is 13.1 Å². The van der Waals surface area contributed by atoms with Crippen LogP contribution < -0.4 is 4.72 Å². The predicted molar refractivity (Wildman–Crippen MR) is 73.4 cm³/mol. The topological polar surface area (TPSA) is 87.8 Å². The number of halogens is 1. The number of aryl methyl sites for hydroxylation is 1. The van der Waals surface area contributed by atoms with Crippen molar-refractivity contribution in [3.05, 3.63) is 46.7 Å². The molecule has 1 N–H and O–H groups in total. The molecule has 0 amide bonds. The summed E-state index contributed by atoms with van der Waals surface area (Å²) in [5.41, 5.74) is 1.03. The van der Waals surface area contributed by atoms with Crippen LogP contribution in [0, 0.1) is 11.3 Å². The van der Waals surface area contributed by atoms with Crippen LogP contribution in [0.5, 0.6) is 0 Å². The summed E-state index contributed by atoms with van der Waals surface area (Å²) in [6.45, 7) is 0.106. The number of sulfonamides is 1. The van der Waals surface area contributed by atoms with Gasteiger partial charge in [0.2, 0.25) is 10.0 Å². The van der Waals surface area contributed by atoms with Crippen molar-refractivity contribution in [3.63, 3.8) is 0 Å². The Morgan fingerprint density at radius 3 is 2.75 bits per heavy atom. The van der Waals surface area contributed by atoms with E-state index >= 15 is 0 Å². The Kier molecular flexibility index (Phi) is 4.09. The lowest BCUT2D eigenvalue weighted by Crippen LogP contribution is -2.24. The van der Waals surface area contributed by atoms with Crippen LogP contribution in [0.15, 0.2) is 35.4 Å². The molecule has 20 heavy (non-hydrogen) atoms. The van der Waals surface area contributed by atoms with Crippen LogP contribution in [0.25, 0.3) is 0 Å². The van der Waals surface area contributed by atoms with Crippen LogP contribution in [0.1, 0.15) is 11.3 Å². The fourth-order valence-corrected chi connectivity index (χ4v) is 3.15. The Balaban J connectivity index is 2.23. The number of nitriles is 1. The monoisotopic (exact) mass is 310 g/mol. The molecular weight excluding hydrogens is 300 g/mol. The van der Waals surface area contributed by atoms with Crippen LogP contribution in [0.2, 0.25) is 5.02 Å². The number of hydrogen-bond donors (Lipinski definition) is 1. The Hall–Kier alpha value is -1.88. The minimum Gasteiger partial charge on any atom is -0.271 e. The van der Waals surface area contributed by atoms with E-state index in [1.54, 1.807) is 24.0 Å². The van der Waals surface area contributed by atoms with Crippen LogP contribution >= 0.6 is 11.6 Å². The van der Waals surface area contributed by atoms with Crippen molar-refractivity contribution in [1.82, 2.24) is 14.5 Å². The maximum atomic E-state index is 12.2. The van der Waals surface area contributed by atoms with Gasteiger partial charge in [0.25, 0.3) is 0 Å². The van der Waals surface area contributed by atoms with E-state index in [0.29, 0.717) is 5.56 Å². The number of benzene rings is 1. The molecule has 0 radical (unpaired) electrons. The standard InChI is InChI=1S/C12H11ClN4O2S/c1-17-10(4-5-15-17)8-16-20(18,19)12-3-2-9(7-14)6-11(12)13/h2-6,16H,8H2,1H3. The third-order valence-corrected chi connectivity index (χ3v) is 4.60. The molecular formula is C12H11ClN4O2S. The highest BCUT2D eigenvalue weighted by molar-refractivity contribution is 7.89. The number of rotatable bonds is 4. The van der Waals surface area contributed by atoms with Gasteiger partial charge < -0.3 is 0 Å². The number of nitrogens with one attached hydrogen (secondary N) is 1. The molecule has 104 valence electrons. The second kappa shape index (κ2) is 5.63. The van der Waals surface area contributed by atoms with Crippen molar-refractivity contribution in [2.24, 2.45) is 7.05 Å². The first-order valence-corrected chi connectivity index (χ1v) is 7.46. The van der Waals surface area contributed by atoms with Gasteiger partial charge in [-0.05, 0) is 24.3 Å². The zero-order valence-corrected chi connectivity index (χ0v) is 12.1. The van der Waals surface area contributed by atoms with E-state index in [0.717, 1.165) is 5.69 Å². The second-order valence-corrected chi connectivity index (χ2v) is 6.17. The molecule has 0 fully saturated rings. The van der Waals surface area contributed by atoms with Crippen molar-refractivity contribution in [3.8, 4) is 6.07 Å². The van der Waals surface area contributed by atoms with Crippen LogP contribution in [0.4, 0.5) is 0 Å². The number of hydrogen-bond acceptors (Lipinski definition) is 4. The quantitative estimate of drug-likeness (QED) is 0.925. The molecule has 0 aliphatic rings. The van der Waals surface area contributed by atoms with Gasteiger partial charge in [-0.1, -0.05) is 11.6 Å². The molecule has 0 aliphatic carbocycles. The molecule has 0 aliphatic heterocycles. The summed E-state index contributed by atoms with van der Waals surface area (Å²) < 4.78 is 28.3. The Morgan fingerprint density at radius 2 is 2.20 bits per heavy atom. The summed E-state index contributed by atoms with van der Waals surface area (Å²) >= 11 is 5.90. The van der Waals surface area contributed by atoms with Gasteiger partial charge in [0, 0.05) is 13.2 Å². The number of nitrogens with zero attached hydrogens (tertiary/aromatic N) is 3. The van der Waals surface area contributed by atoms with Gasteiger partial charge in [-0.15, -0.1) is 0 Å². The van der Waals surface area contributed by atoms with E-state index in [9.17, 15) is 8.42 Å². The van der Waals surface area contributed by atoms with Gasteiger partial charge in [0.05, 0.1) is 28.9 Å². The largest absolute Gasteiger partial charge is 0.271 e. The average molecular weight is 311 g/mol. The van der Waals surface area contributed by atoms with E-state index in [1.165, 1.54) is 18.2 Å². The van der Waals surface area contributed by atoms with Gasteiger partial charge >= 0.3 is 0 Å². The first kappa shape index (κ1) is 14.5. The van der Waals surface area contributed by atoms with Gasteiger partial charge in [-0.3, -0.25) is 4.68 Å². The molecule has 0 unspecified atom stereocenters. The summed E-state index contributed by atoms with van der Waals surface area (Å²) in [6, 6.07) is 7.65. The normalized spacial score (nSPS) is 11.2. The molecule has 1 aromatic heterocycles. The second-order valence-electron chi connectivity index (χ2n) is 4.03. The molecule has 0 saturated heterocycles. The summed E-state index contributed by atoms with van der Waals surface area (Å²) in [5.74, 6) is 0. The first-order chi connectivity index (χ1) is 9.44. The van der Waals surface area contributed by atoms with Gasteiger partial charge in [0.15, 0.2) is 0 Å². The van der Waals surface area contributed by atoms with E-state index in [4.69, 9.17) is 16.9 Å². The van der Waals surface area contributed by atoms with Crippen molar-refractivity contribution < 1.29 is 8.42 Å². The minimum atomic E-state index is -3.74. The summed E-state index contributed by atoms with van der Waals surface area (Å²) in [7, 11) is -2.02. The summed E-state index contributed by atoms with van der Waals surface area (Å²) in [4.78, 5) is -0.0552. The van der Waals surface area contributed by atoms with E-state index in [1.807, 2.05) is 6.07 Å². The number of aromatic nitrogens is 2. The maximum absolute atomic E-state index is 12.2. The molecule has 2 aromatic rings. The van der Waals surface area contributed by atoms with Crippen molar-refractivity contribution in [1.29, 1.82) is 5.26 Å². The zero-order chi connectivity index (χ0) is 14.8. The van der Waals surface area contributed by atoms with Crippen molar-refractivity contribution in [2.45, 2.75) is 11.4 Å². The molecule has 1 aromatic carbocycles. The molecule has 6 nitrogen and oxygen atoms in total. The molecule has 0 bridgehead atoms. The molecule has 0 saturated carbocycles. The fourth-order valence-electron chi connectivity index (χ4n) is 1.61. The van der Waals surface area contributed by atoms with Crippen LogP contribution in [-0.4, -0.2) is 18.2 Å². The minimum absolute atomic E-state index is 0.0153. The van der Waals surface area contributed by atoms with Gasteiger partial charge in [0.1, 0.15) is 4.90 Å². The Morgan fingerprint density at radius 1 is 1.45 bits per heavy atom. The third kappa shape index (κ3) is 2.99. The highest BCUT2D eigenvalue weighted by Gasteiger charge is 2.18. The smallest absolute Gasteiger partial charge is 0.242 e. The first-order valence-electron chi connectivity index (χ1n) is 5.60. The molecule has 1 heterocycles. The highest BCUT2D eigenvalue weighted by Crippen LogP contribution is 2.22. The predicted octanol–water partition coefficient (Wildman–Crippen LogP) is 1.42. The fraction of sp³-hybridized carbons (Fsp3) is 0.167. The maximum Gasteiger partial charge on any atom is 0.242 e. The lowest BCUT2D eigenvalue weighted by molar-refractivity contribution is 0.577. The van der Waals surface area contributed by atoms with Gasteiger partial charge in [-0.2, -0.15) is 10.4 Å². The molecule has 0 atom stereocenters. The third-order valence-electron chi connectivity index (χ3n) is 2.72. The van der Waals surface area contributed by atoms with Crippen LogP contribution in [0.3, 0.4) is 0 Å². The van der Waals surface area contributed by atoms with E-state index < -0.39 is 10.0 Å². The average Bonchev–Trinajstić information content (AvgIpc) is 2.81. The molecule has 8 heteroatoms. The molecule has 0 spiro atoms.